The molecule has 2 N–H and O–H groups in total. The Labute approximate surface area is 185 Å². The van der Waals surface area contributed by atoms with Gasteiger partial charge in [0.05, 0.1) is 10.7 Å². The van der Waals surface area contributed by atoms with Gasteiger partial charge in [-0.3, -0.25) is 9.59 Å². The summed E-state index contributed by atoms with van der Waals surface area (Å²) in [6, 6.07) is 10.7. The Morgan fingerprint density at radius 1 is 1.07 bits per heavy atom. The van der Waals surface area contributed by atoms with Crippen molar-refractivity contribution in [1.82, 2.24) is 0 Å². The van der Waals surface area contributed by atoms with E-state index >= 15 is 0 Å². The molecular weight excluding hydrogens is 456 g/mol. The molecule has 156 valence electrons. The summed E-state index contributed by atoms with van der Waals surface area (Å²) >= 11 is 9.66. The fourth-order valence-corrected chi connectivity index (χ4v) is 3.22. The van der Waals surface area contributed by atoms with Crippen LogP contribution in [-0.4, -0.2) is 18.4 Å². The molecule has 0 aliphatic heterocycles. The highest BCUT2D eigenvalue weighted by molar-refractivity contribution is 9.10. The van der Waals surface area contributed by atoms with Gasteiger partial charge in [-0.25, -0.2) is 0 Å². The molecule has 2 aromatic rings. The van der Waals surface area contributed by atoms with E-state index in [1.807, 2.05) is 25.1 Å². The summed E-state index contributed by atoms with van der Waals surface area (Å²) in [7, 11) is 0. The molecule has 0 bridgehead atoms. The van der Waals surface area contributed by atoms with E-state index < -0.39 is 0 Å². The number of carbonyl (C=O) groups is 2. The molecule has 29 heavy (non-hydrogen) atoms. The lowest BCUT2D eigenvalue weighted by molar-refractivity contribution is -0.118. The van der Waals surface area contributed by atoms with Crippen molar-refractivity contribution in [2.45, 2.75) is 46.0 Å². The van der Waals surface area contributed by atoms with Crippen molar-refractivity contribution in [1.29, 1.82) is 0 Å². The van der Waals surface area contributed by atoms with Gasteiger partial charge in [0, 0.05) is 22.1 Å². The number of benzene rings is 2. The first-order valence-corrected chi connectivity index (χ1v) is 10.6. The maximum atomic E-state index is 12.4. The number of rotatable bonds is 7. The highest BCUT2D eigenvalue weighted by Crippen LogP contribution is 2.33. The predicted molar refractivity (Wildman–Crippen MR) is 122 cm³/mol. The van der Waals surface area contributed by atoms with Crippen molar-refractivity contribution in [3.63, 3.8) is 0 Å². The number of halogens is 2. The molecule has 0 heterocycles. The second kappa shape index (κ2) is 10.1. The summed E-state index contributed by atoms with van der Waals surface area (Å²) in [6.07, 6.45) is 1.19. The fourth-order valence-electron chi connectivity index (χ4n) is 2.69. The van der Waals surface area contributed by atoms with Gasteiger partial charge in [0.15, 0.2) is 6.61 Å². The van der Waals surface area contributed by atoms with Gasteiger partial charge in [-0.15, -0.1) is 0 Å². The second-order valence-electron chi connectivity index (χ2n) is 7.72. The molecular formula is C22H26BrClN2O3. The lowest BCUT2D eigenvalue weighted by Crippen LogP contribution is -2.22. The van der Waals surface area contributed by atoms with Crippen LogP contribution in [0.3, 0.4) is 0 Å². The molecule has 0 aliphatic carbocycles. The molecule has 7 heteroatoms. The standard InChI is InChI=1S/C22H26BrClN2O3/c1-5-6-20(27)25-15-8-9-17(24)18(12-15)26-21(28)13-29-19-10-7-14(23)11-16(19)22(2,3)4/h7-12H,5-6,13H2,1-4H3,(H,25,27)(H,26,28). The lowest BCUT2D eigenvalue weighted by atomic mass is 9.86. The van der Waals surface area contributed by atoms with Gasteiger partial charge in [-0.2, -0.15) is 0 Å². The Balaban J connectivity index is 2.06. The first kappa shape index (κ1) is 23.2. The molecule has 0 spiro atoms. The predicted octanol–water partition coefficient (Wildman–Crippen LogP) is 6.16. The third-order valence-corrected chi connectivity index (χ3v) is 4.93. The van der Waals surface area contributed by atoms with Gasteiger partial charge in [-0.1, -0.05) is 55.2 Å². The van der Waals surface area contributed by atoms with Crippen LogP contribution in [0.2, 0.25) is 5.02 Å². The Morgan fingerprint density at radius 2 is 1.79 bits per heavy atom. The number of anilines is 2. The van der Waals surface area contributed by atoms with Crippen LogP contribution in [-0.2, 0) is 15.0 Å². The van der Waals surface area contributed by atoms with Crippen LogP contribution in [0.25, 0.3) is 0 Å². The quantitative estimate of drug-likeness (QED) is 0.498. The highest BCUT2D eigenvalue weighted by Gasteiger charge is 2.20. The van der Waals surface area contributed by atoms with E-state index in [-0.39, 0.29) is 23.8 Å². The third-order valence-electron chi connectivity index (χ3n) is 4.11. The van der Waals surface area contributed by atoms with Gasteiger partial charge >= 0.3 is 0 Å². The molecule has 0 saturated heterocycles. The minimum atomic E-state index is -0.341. The number of hydrogen-bond acceptors (Lipinski definition) is 3. The van der Waals surface area contributed by atoms with E-state index in [1.165, 1.54) is 0 Å². The summed E-state index contributed by atoms with van der Waals surface area (Å²) in [5.41, 5.74) is 1.86. The van der Waals surface area contributed by atoms with E-state index in [4.69, 9.17) is 16.3 Å². The van der Waals surface area contributed by atoms with Crippen molar-refractivity contribution in [3.05, 3.63) is 51.5 Å². The summed E-state index contributed by atoms with van der Waals surface area (Å²) < 4.78 is 6.73. The van der Waals surface area contributed by atoms with Crippen LogP contribution < -0.4 is 15.4 Å². The molecule has 0 atom stereocenters. The zero-order chi connectivity index (χ0) is 21.6. The van der Waals surface area contributed by atoms with Crippen LogP contribution in [0, 0.1) is 0 Å². The summed E-state index contributed by atoms with van der Waals surface area (Å²) in [4.78, 5) is 24.2. The lowest BCUT2D eigenvalue weighted by Gasteiger charge is -2.23. The number of nitrogens with one attached hydrogen (secondary N) is 2. The summed E-state index contributed by atoms with van der Waals surface area (Å²) in [6.45, 7) is 8.02. The normalized spacial score (nSPS) is 11.1. The fraction of sp³-hybridized carbons (Fsp3) is 0.364. The van der Waals surface area contributed by atoms with Gasteiger partial charge < -0.3 is 15.4 Å². The van der Waals surface area contributed by atoms with Gasteiger partial charge in [0.1, 0.15) is 5.75 Å². The SMILES string of the molecule is CCCC(=O)Nc1ccc(Cl)c(NC(=O)COc2ccc(Br)cc2C(C)(C)C)c1. The highest BCUT2D eigenvalue weighted by atomic mass is 79.9. The molecule has 0 aromatic heterocycles. The monoisotopic (exact) mass is 480 g/mol. The zero-order valence-electron chi connectivity index (χ0n) is 17.1. The second-order valence-corrected chi connectivity index (χ2v) is 9.04. The average Bonchev–Trinajstić information content (AvgIpc) is 2.63. The van der Waals surface area contributed by atoms with E-state index in [2.05, 4.69) is 47.3 Å². The minimum Gasteiger partial charge on any atom is -0.483 e. The van der Waals surface area contributed by atoms with Crippen molar-refractivity contribution >= 4 is 50.7 Å². The van der Waals surface area contributed by atoms with E-state index in [1.54, 1.807) is 18.2 Å². The Bertz CT molecular complexity index is 894. The summed E-state index contributed by atoms with van der Waals surface area (Å²) in [5, 5.41) is 5.91. The minimum absolute atomic E-state index is 0.0830. The maximum Gasteiger partial charge on any atom is 0.262 e. The van der Waals surface area contributed by atoms with Crippen LogP contribution in [0.15, 0.2) is 40.9 Å². The molecule has 0 radical (unpaired) electrons. The van der Waals surface area contributed by atoms with Crippen molar-refractivity contribution in [3.8, 4) is 5.75 Å². The molecule has 0 aliphatic rings. The summed E-state index contributed by atoms with van der Waals surface area (Å²) in [5.74, 6) is 0.231. The van der Waals surface area contributed by atoms with Crippen LogP contribution in [0.1, 0.15) is 46.1 Å². The molecule has 0 unspecified atom stereocenters. The Morgan fingerprint density at radius 3 is 2.45 bits per heavy atom. The first-order chi connectivity index (χ1) is 13.6. The first-order valence-electron chi connectivity index (χ1n) is 9.42. The van der Waals surface area contributed by atoms with Gasteiger partial charge in [0.25, 0.3) is 5.91 Å². The van der Waals surface area contributed by atoms with Gasteiger partial charge in [0.2, 0.25) is 5.91 Å². The molecule has 0 saturated carbocycles. The van der Waals surface area contributed by atoms with Crippen LogP contribution in [0.5, 0.6) is 5.75 Å². The zero-order valence-corrected chi connectivity index (χ0v) is 19.4. The largest absolute Gasteiger partial charge is 0.483 e. The van der Waals surface area contributed by atoms with Crippen molar-refractivity contribution < 1.29 is 14.3 Å². The topological polar surface area (TPSA) is 67.4 Å². The maximum absolute atomic E-state index is 12.4. The van der Waals surface area contributed by atoms with E-state index in [0.717, 1.165) is 16.5 Å². The third kappa shape index (κ3) is 7.05. The Hall–Kier alpha value is -2.05. The number of carbonyl (C=O) groups excluding carboxylic acids is 2. The van der Waals surface area contributed by atoms with Crippen molar-refractivity contribution in [2.75, 3.05) is 17.2 Å². The number of ether oxygens (including phenoxy) is 1. The molecule has 2 aromatic carbocycles. The Kier molecular flexibility index (Phi) is 8.11. The van der Waals surface area contributed by atoms with Crippen LogP contribution in [0.4, 0.5) is 11.4 Å². The molecule has 5 nitrogen and oxygen atoms in total. The number of amides is 2. The molecule has 2 rings (SSSR count). The van der Waals surface area contributed by atoms with Crippen molar-refractivity contribution in [2.24, 2.45) is 0 Å². The molecule has 2 amide bonds. The van der Waals surface area contributed by atoms with E-state index in [0.29, 0.717) is 28.6 Å². The number of hydrogen-bond donors (Lipinski definition) is 2. The van der Waals surface area contributed by atoms with Gasteiger partial charge in [-0.05, 0) is 48.2 Å². The smallest absolute Gasteiger partial charge is 0.262 e. The average molecular weight is 482 g/mol. The molecule has 0 fully saturated rings. The van der Waals surface area contributed by atoms with Crippen LogP contribution >= 0.6 is 27.5 Å². The van der Waals surface area contributed by atoms with E-state index in [9.17, 15) is 9.59 Å².